The monoisotopic (exact) mass is 323 g/mol. The van der Waals surface area contributed by atoms with Crippen molar-refractivity contribution in [3.63, 3.8) is 0 Å². The molecule has 0 aliphatic heterocycles. The van der Waals surface area contributed by atoms with E-state index in [0.29, 0.717) is 11.4 Å². The highest BCUT2D eigenvalue weighted by Gasteiger charge is 2.14. The summed E-state index contributed by atoms with van der Waals surface area (Å²) in [7, 11) is 3.86. The average molecular weight is 323 g/mol. The van der Waals surface area contributed by atoms with Crippen molar-refractivity contribution in [2.24, 2.45) is 0 Å². The minimum atomic E-state index is -0.731. The summed E-state index contributed by atoms with van der Waals surface area (Å²) in [5.74, 6) is -1.46. The lowest BCUT2D eigenvalue weighted by atomic mass is 10.2. The molecule has 0 spiro atoms. The number of fused-ring (bicyclic) bond motifs is 1. The van der Waals surface area contributed by atoms with E-state index >= 15 is 0 Å². The molecule has 0 bridgehead atoms. The lowest BCUT2D eigenvalue weighted by Crippen LogP contribution is -2.29. The summed E-state index contributed by atoms with van der Waals surface area (Å²) < 4.78 is 0. The smallest absolute Gasteiger partial charge is 0.314 e. The summed E-state index contributed by atoms with van der Waals surface area (Å²) in [4.78, 5) is 33.0. The van der Waals surface area contributed by atoms with E-state index in [0.717, 1.165) is 16.7 Å². The molecule has 0 aliphatic carbocycles. The van der Waals surface area contributed by atoms with Gasteiger partial charge in [-0.2, -0.15) is 0 Å². The first kappa shape index (κ1) is 15.5. The SMILES string of the molecule is CN(C)c1ccc(NC(=O)C(=O)Nc2ccc3nc[nH]c3c2)cc1. The molecule has 0 saturated heterocycles. The van der Waals surface area contributed by atoms with Crippen molar-refractivity contribution in [3.8, 4) is 0 Å². The van der Waals surface area contributed by atoms with Crippen LogP contribution in [-0.2, 0) is 9.59 Å². The molecule has 3 rings (SSSR count). The number of nitrogens with one attached hydrogen (secondary N) is 3. The molecule has 0 atom stereocenters. The van der Waals surface area contributed by atoms with Crippen LogP contribution in [0.4, 0.5) is 17.1 Å². The van der Waals surface area contributed by atoms with Crippen LogP contribution in [0.3, 0.4) is 0 Å². The van der Waals surface area contributed by atoms with Gasteiger partial charge in [-0.05, 0) is 42.5 Å². The van der Waals surface area contributed by atoms with E-state index < -0.39 is 11.8 Å². The van der Waals surface area contributed by atoms with Gasteiger partial charge in [0.05, 0.1) is 17.4 Å². The number of nitrogens with zero attached hydrogens (tertiary/aromatic N) is 2. The van der Waals surface area contributed by atoms with Crippen LogP contribution in [0.5, 0.6) is 0 Å². The van der Waals surface area contributed by atoms with Gasteiger partial charge in [0, 0.05) is 31.2 Å². The fourth-order valence-electron chi connectivity index (χ4n) is 2.23. The molecule has 0 radical (unpaired) electrons. The Bertz CT molecular complexity index is 883. The second-order valence-electron chi connectivity index (χ2n) is 5.48. The maximum absolute atomic E-state index is 12.0. The number of benzene rings is 2. The van der Waals surface area contributed by atoms with Crippen LogP contribution in [0.2, 0.25) is 0 Å². The first-order valence-corrected chi connectivity index (χ1v) is 7.36. The number of carbonyl (C=O) groups excluding carboxylic acids is 2. The van der Waals surface area contributed by atoms with Crippen LogP contribution in [-0.4, -0.2) is 35.9 Å². The fourth-order valence-corrected chi connectivity index (χ4v) is 2.23. The van der Waals surface area contributed by atoms with Crippen molar-refractivity contribution in [1.29, 1.82) is 0 Å². The molecule has 3 aromatic rings. The Morgan fingerprint density at radius 1 is 0.958 bits per heavy atom. The van der Waals surface area contributed by atoms with Gasteiger partial charge in [-0.25, -0.2) is 4.98 Å². The number of H-pyrrole nitrogens is 1. The van der Waals surface area contributed by atoms with Crippen LogP contribution in [0.25, 0.3) is 11.0 Å². The number of carbonyl (C=O) groups is 2. The van der Waals surface area contributed by atoms with Crippen LogP contribution < -0.4 is 15.5 Å². The Balaban J connectivity index is 1.64. The Morgan fingerprint density at radius 3 is 2.25 bits per heavy atom. The zero-order chi connectivity index (χ0) is 17.1. The van der Waals surface area contributed by atoms with Crippen molar-refractivity contribution < 1.29 is 9.59 Å². The second-order valence-corrected chi connectivity index (χ2v) is 5.48. The van der Waals surface area contributed by atoms with Crippen LogP contribution in [0.1, 0.15) is 0 Å². The highest BCUT2D eigenvalue weighted by atomic mass is 16.2. The van der Waals surface area contributed by atoms with E-state index in [2.05, 4.69) is 20.6 Å². The fraction of sp³-hybridized carbons (Fsp3) is 0.118. The van der Waals surface area contributed by atoms with Gasteiger partial charge in [0.25, 0.3) is 0 Å². The zero-order valence-corrected chi connectivity index (χ0v) is 13.3. The second kappa shape index (κ2) is 6.41. The number of aromatic nitrogens is 2. The lowest BCUT2D eigenvalue weighted by molar-refractivity contribution is -0.132. The predicted molar refractivity (Wildman–Crippen MR) is 94.1 cm³/mol. The summed E-state index contributed by atoms with van der Waals surface area (Å²) in [5, 5.41) is 5.14. The standard InChI is InChI=1S/C17H17N5O2/c1-22(2)13-6-3-11(4-7-13)20-16(23)17(24)21-12-5-8-14-15(9-12)19-10-18-14/h3-10H,1-2H3,(H,18,19)(H,20,23)(H,21,24). The predicted octanol–water partition coefficient (Wildman–Crippen LogP) is 2.21. The lowest BCUT2D eigenvalue weighted by Gasteiger charge is -2.13. The summed E-state index contributed by atoms with van der Waals surface area (Å²) >= 11 is 0. The van der Waals surface area contributed by atoms with E-state index in [1.165, 1.54) is 0 Å². The molecule has 7 heteroatoms. The molecular formula is C17H17N5O2. The van der Waals surface area contributed by atoms with Crippen LogP contribution >= 0.6 is 0 Å². The molecule has 0 aliphatic rings. The third-order valence-electron chi connectivity index (χ3n) is 3.53. The van der Waals surface area contributed by atoms with Gasteiger partial charge in [-0.3, -0.25) is 9.59 Å². The highest BCUT2D eigenvalue weighted by Crippen LogP contribution is 2.17. The largest absolute Gasteiger partial charge is 0.378 e. The van der Waals surface area contributed by atoms with Gasteiger partial charge in [0.1, 0.15) is 0 Å². The van der Waals surface area contributed by atoms with Gasteiger partial charge in [0.2, 0.25) is 0 Å². The van der Waals surface area contributed by atoms with Gasteiger partial charge < -0.3 is 20.5 Å². The van der Waals surface area contributed by atoms with Crippen molar-refractivity contribution in [1.82, 2.24) is 9.97 Å². The van der Waals surface area contributed by atoms with Crippen molar-refractivity contribution >= 4 is 39.9 Å². The molecular weight excluding hydrogens is 306 g/mol. The van der Waals surface area contributed by atoms with Crippen LogP contribution in [0, 0.1) is 0 Å². The molecule has 2 aromatic carbocycles. The van der Waals surface area contributed by atoms with Gasteiger partial charge >= 0.3 is 11.8 Å². The number of imidazole rings is 1. The van der Waals surface area contributed by atoms with Crippen LogP contribution in [0.15, 0.2) is 48.8 Å². The highest BCUT2D eigenvalue weighted by molar-refractivity contribution is 6.43. The quantitative estimate of drug-likeness (QED) is 0.645. The van der Waals surface area contributed by atoms with Gasteiger partial charge in [-0.15, -0.1) is 0 Å². The first-order valence-electron chi connectivity index (χ1n) is 7.36. The van der Waals surface area contributed by atoms with Crippen molar-refractivity contribution in [3.05, 3.63) is 48.8 Å². The number of anilines is 3. The topological polar surface area (TPSA) is 90.1 Å². The minimum Gasteiger partial charge on any atom is -0.378 e. The van der Waals surface area contributed by atoms with Crippen molar-refractivity contribution in [2.75, 3.05) is 29.6 Å². The molecule has 24 heavy (non-hydrogen) atoms. The molecule has 0 unspecified atom stereocenters. The Hall–Kier alpha value is -3.35. The molecule has 0 fully saturated rings. The van der Waals surface area contributed by atoms with E-state index in [4.69, 9.17) is 0 Å². The average Bonchev–Trinajstić information content (AvgIpc) is 3.03. The molecule has 0 saturated carbocycles. The number of rotatable bonds is 3. The van der Waals surface area contributed by atoms with E-state index in [1.54, 1.807) is 36.7 Å². The number of hydrogen-bond acceptors (Lipinski definition) is 4. The number of hydrogen-bond donors (Lipinski definition) is 3. The summed E-state index contributed by atoms with van der Waals surface area (Å²) in [6.45, 7) is 0. The normalized spacial score (nSPS) is 10.4. The number of aromatic amines is 1. The Morgan fingerprint density at radius 2 is 1.58 bits per heavy atom. The zero-order valence-electron chi connectivity index (χ0n) is 13.3. The minimum absolute atomic E-state index is 0.523. The molecule has 2 amide bonds. The van der Waals surface area contributed by atoms with Gasteiger partial charge in [-0.1, -0.05) is 0 Å². The third-order valence-corrected chi connectivity index (χ3v) is 3.53. The summed E-state index contributed by atoms with van der Waals surface area (Å²) in [6.07, 6.45) is 1.57. The maximum Gasteiger partial charge on any atom is 0.314 e. The first-order chi connectivity index (χ1) is 11.5. The molecule has 122 valence electrons. The molecule has 7 nitrogen and oxygen atoms in total. The third kappa shape index (κ3) is 3.35. The van der Waals surface area contributed by atoms with Gasteiger partial charge in [0.15, 0.2) is 0 Å². The summed E-state index contributed by atoms with van der Waals surface area (Å²) in [6, 6.07) is 12.4. The van der Waals surface area contributed by atoms with Crippen molar-refractivity contribution in [2.45, 2.75) is 0 Å². The summed E-state index contributed by atoms with van der Waals surface area (Å²) in [5.41, 5.74) is 3.66. The van der Waals surface area contributed by atoms with E-state index in [-0.39, 0.29) is 0 Å². The molecule has 1 aromatic heterocycles. The maximum atomic E-state index is 12.0. The molecule has 1 heterocycles. The van der Waals surface area contributed by atoms with E-state index in [9.17, 15) is 9.59 Å². The Kier molecular flexibility index (Phi) is 4.15. The van der Waals surface area contributed by atoms with E-state index in [1.807, 2.05) is 31.1 Å². The molecule has 3 N–H and O–H groups in total. The number of amides is 2. The Labute approximate surface area is 138 Å².